The summed E-state index contributed by atoms with van der Waals surface area (Å²) in [6, 6.07) is 18.4. The summed E-state index contributed by atoms with van der Waals surface area (Å²) in [5.41, 5.74) is 4.69. The highest BCUT2D eigenvalue weighted by Gasteiger charge is 2.04. The molecule has 26 heavy (non-hydrogen) atoms. The number of para-hydroxylation sites is 1. The molecule has 0 bridgehead atoms. The van der Waals surface area contributed by atoms with Gasteiger partial charge in [-0.15, -0.1) is 0 Å². The SMILES string of the molecule is Cc1ccc(Nc2nccc(NCCc3c[nH]c4ccccc34)n2)cc1. The Morgan fingerprint density at radius 2 is 1.85 bits per heavy atom. The van der Waals surface area contributed by atoms with E-state index in [0.29, 0.717) is 5.95 Å². The highest BCUT2D eigenvalue weighted by atomic mass is 15.1. The largest absolute Gasteiger partial charge is 0.370 e. The number of aromatic amines is 1. The van der Waals surface area contributed by atoms with Crippen molar-refractivity contribution in [2.75, 3.05) is 17.2 Å². The van der Waals surface area contributed by atoms with E-state index in [1.54, 1.807) is 6.20 Å². The molecule has 0 atom stereocenters. The first kappa shape index (κ1) is 16.1. The molecule has 0 aliphatic carbocycles. The maximum atomic E-state index is 4.53. The highest BCUT2D eigenvalue weighted by Crippen LogP contribution is 2.18. The molecule has 0 aliphatic heterocycles. The lowest BCUT2D eigenvalue weighted by atomic mass is 10.1. The summed E-state index contributed by atoms with van der Waals surface area (Å²) in [7, 11) is 0. The third-order valence-corrected chi connectivity index (χ3v) is 4.34. The van der Waals surface area contributed by atoms with Crippen LogP contribution in [0.15, 0.2) is 67.0 Å². The molecular formula is C21H21N5. The lowest BCUT2D eigenvalue weighted by Crippen LogP contribution is -2.07. The molecule has 0 saturated heterocycles. The fourth-order valence-corrected chi connectivity index (χ4v) is 2.95. The van der Waals surface area contributed by atoms with Crippen LogP contribution in [0.25, 0.3) is 10.9 Å². The van der Waals surface area contributed by atoms with E-state index in [4.69, 9.17) is 0 Å². The Kier molecular flexibility index (Phi) is 4.51. The second-order valence-corrected chi connectivity index (χ2v) is 6.29. The molecule has 5 heteroatoms. The molecule has 2 aromatic carbocycles. The first-order chi connectivity index (χ1) is 12.8. The van der Waals surface area contributed by atoms with E-state index in [1.165, 1.54) is 22.0 Å². The molecule has 0 aliphatic rings. The van der Waals surface area contributed by atoms with Crippen LogP contribution in [-0.2, 0) is 6.42 Å². The number of hydrogen-bond acceptors (Lipinski definition) is 4. The van der Waals surface area contributed by atoms with Gasteiger partial charge in [-0.05, 0) is 43.2 Å². The molecule has 130 valence electrons. The Bertz CT molecular complexity index is 1000. The van der Waals surface area contributed by atoms with Gasteiger partial charge < -0.3 is 15.6 Å². The van der Waals surface area contributed by atoms with Crippen LogP contribution in [0.4, 0.5) is 17.5 Å². The van der Waals surface area contributed by atoms with E-state index in [1.807, 2.05) is 24.3 Å². The van der Waals surface area contributed by atoms with Crippen LogP contribution in [0.1, 0.15) is 11.1 Å². The predicted molar refractivity (Wildman–Crippen MR) is 107 cm³/mol. The first-order valence-corrected chi connectivity index (χ1v) is 8.73. The Morgan fingerprint density at radius 1 is 1.00 bits per heavy atom. The molecule has 5 nitrogen and oxygen atoms in total. The number of benzene rings is 2. The third-order valence-electron chi connectivity index (χ3n) is 4.34. The van der Waals surface area contributed by atoms with Gasteiger partial charge in [0.05, 0.1) is 0 Å². The van der Waals surface area contributed by atoms with Gasteiger partial charge in [0.15, 0.2) is 0 Å². The number of aromatic nitrogens is 3. The fraction of sp³-hybridized carbons (Fsp3) is 0.143. The summed E-state index contributed by atoms with van der Waals surface area (Å²) in [5.74, 6) is 1.40. The highest BCUT2D eigenvalue weighted by molar-refractivity contribution is 5.83. The van der Waals surface area contributed by atoms with E-state index >= 15 is 0 Å². The van der Waals surface area contributed by atoms with Crippen molar-refractivity contribution in [1.82, 2.24) is 15.0 Å². The number of aryl methyl sites for hydroxylation is 1. The number of rotatable bonds is 6. The normalized spacial score (nSPS) is 10.8. The minimum Gasteiger partial charge on any atom is -0.370 e. The summed E-state index contributed by atoms with van der Waals surface area (Å²) < 4.78 is 0. The van der Waals surface area contributed by atoms with Crippen LogP contribution in [0, 0.1) is 6.92 Å². The minimum atomic E-state index is 0.589. The third kappa shape index (κ3) is 3.67. The van der Waals surface area contributed by atoms with Crippen LogP contribution in [0.5, 0.6) is 0 Å². The molecule has 0 spiro atoms. The summed E-state index contributed by atoms with van der Waals surface area (Å²) >= 11 is 0. The van der Waals surface area contributed by atoms with Crippen LogP contribution >= 0.6 is 0 Å². The van der Waals surface area contributed by atoms with Crippen molar-refractivity contribution in [2.24, 2.45) is 0 Å². The molecular weight excluding hydrogens is 322 g/mol. The average molecular weight is 343 g/mol. The number of anilines is 3. The number of hydrogen-bond donors (Lipinski definition) is 3. The van der Waals surface area contributed by atoms with Gasteiger partial charge in [0, 0.05) is 35.5 Å². The molecule has 2 heterocycles. The quantitative estimate of drug-likeness (QED) is 0.476. The van der Waals surface area contributed by atoms with Crippen molar-refractivity contribution in [3.63, 3.8) is 0 Å². The van der Waals surface area contributed by atoms with Gasteiger partial charge in [-0.25, -0.2) is 4.98 Å². The Morgan fingerprint density at radius 3 is 2.73 bits per heavy atom. The second-order valence-electron chi connectivity index (χ2n) is 6.29. The number of H-pyrrole nitrogens is 1. The van der Waals surface area contributed by atoms with Crippen molar-refractivity contribution >= 4 is 28.4 Å². The van der Waals surface area contributed by atoms with Gasteiger partial charge >= 0.3 is 0 Å². The van der Waals surface area contributed by atoms with Gasteiger partial charge in [0.25, 0.3) is 0 Å². The standard InChI is InChI=1S/C21H21N5/c1-15-6-8-17(9-7-15)25-21-23-13-11-20(26-21)22-12-10-16-14-24-19-5-3-2-4-18(16)19/h2-9,11,13-14,24H,10,12H2,1H3,(H2,22,23,25,26). The average Bonchev–Trinajstić information content (AvgIpc) is 3.07. The van der Waals surface area contributed by atoms with Crippen LogP contribution < -0.4 is 10.6 Å². The van der Waals surface area contributed by atoms with Gasteiger partial charge in [0.1, 0.15) is 5.82 Å². The summed E-state index contributed by atoms with van der Waals surface area (Å²) in [6.45, 7) is 2.88. The molecule has 4 rings (SSSR count). The van der Waals surface area contributed by atoms with Crippen molar-refractivity contribution in [1.29, 1.82) is 0 Å². The number of fused-ring (bicyclic) bond motifs is 1. The van der Waals surface area contributed by atoms with Crippen LogP contribution in [0.3, 0.4) is 0 Å². The minimum absolute atomic E-state index is 0.589. The zero-order chi connectivity index (χ0) is 17.8. The first-order valence-electron chi connectivity index (χ1n) is 8.73. The molecule has 0 saturated carbocycles. The molecule has 0 radical (unpaired) electrons. The zero-order valence-electron chi connectivity index (χ0n) is 14.7. The Labute approximate surface area is 152 Å². The van der Waals surface area contributed by atoms with Gasteiger partial charge in [0.2, 0.25) is 5.95 Å². The van der Waals surface area contributed by atoms with E-state index < -0.39 is 0 Å². The van der Waals surface area contributed by atoms with Crippen molar-refractivity contribution in [3.05, 3.63) is 78.1 Å². The monoisotopic (exact) mass is 343 g/mol. The van der Waals surface area contributed by atoms with Gasteiger partial charge in [-0.3, -0.25) is 0 Å². The van der Waals surface area contributed by atoms with Crippen molar-refractivity contribution in [2.45, 2.75) is 13.3 Å². The zero-order valence-corrected chi connectivity index (χ0v) is 14.7. The topological polar surface area (TPSA) is 65.6 Å². The maximum absolute atomic E-state index is 4.53. The second kappa shape index (κ2) is 7.27. The summed E-state index contributed by atoms with van der Waals surface area (Å²) in [6.07, 6.45) is 4.77. The lowest BCUT2D eigenvalue weighted by Gasteiger charge is -2.08. The van der Waals surface area contributed by atoms with Gasteiger partial charge in [-0.1, -0.05) is 35.9 Å². The smallest absolute Gasteiger partial charge is 0.229 e. The Hall–Kier alpha value is -3.34. The van der Waals surface area contributed by atoms with Crippen molar-refractivity contribution in [3.8, 4) is 0 Å². The molecule has 4 aromatic rings. The molecule has 0 amide bonds. The molecule has 0 fully saturated rings. The number of nitrogens with one attached hydrogen (secondary N) is 3. The van der Waals surface area contributed by atoms with E-state index in [0.717, 1.165) is 24.5 Å². The fourth-order valence-electron chi connectivity index (χ4n) is 2.95. The lowest BCUT2D eigenvalue weighted by molar-refractivity contribution is 1.01. The van der Waals surface area contributed by atoms with E-state index in [9.17, 15) is 0 Å². The molecule has 3 N–H and O–H groups in total. The van der Waals surface area contributed by atoms with Crippen LogP contribution in [0.2, 0.25) is 0 Å². The van der Waals surface area contributed by atoms with E-state index in [-0.39, 0.29) is 0 Å². The Balaban J connectivity index is 1.38. The van der Waals surface area contributed by atoms with Gasteiger partial charge in [-0.2, -0.15) is 4.98 Å². The summed E-state index contributed by atoms with van der Waals surface area (Å²) in [5, 5.41) is 7.89. The molecule has 0 unspecified atom stereocenters. The van der Waals surface area contributed by atoms with Crippen LogP contribution in [-0.4, -0.2) is 21.5 Å². The molecule has 2 aromatic heterocycles. The maximum Gasteiger partial charge on any atom is 0.229 e. The van der Waals surface area contributed by atoms with Crippen molar-refractivity contribution < 1.29 is 0 Å². The predicted octanol–water partition coefficient (Wildman–Crippen LogP) is 4.66. The summed E-state index contributed by atoms with van der Waals surface area (Å²) in [4.78, 5) is 12.1. The number of nitrogens with zero attached hydrogens (tertiary/aromatic N) is 2. The van der Waals surface area contributed by atoms with E-state index in [2.05, 4.69) is 69.0 Å².